The Labute approximate surface area is 112 Å². The molecule has 0 aliphatic heterocycles. The quantitative estimate of drug-likeness (QED) is 0.391. The maximum absolute atomic E-state index is 12.0. The molecule has 0 spiro atoms. The Morgan fingerprint density at radius 2 is 1.14 bits per heavy atom. The van der Waals surface area contributed by atoms with Crippen molar-refractivity contribution in [3.63, 3.8) is 0 Å². The molecule has 0 atom stereocenters. The van der Waals surface area contributed by atoms with Crippen LogP contribution >= 0.6 is 0 Å². The maximum atomic E-state index is 12.0. The minimum absolute atomic E-state index is 0.382. The van der Waals surface area contributed by atoms with E-state index in [4.69, 9.17) is 5.73 Å². The zero-order valence-corrected chi connectivity index (χ0v) is 9.71. The van der Waals surface area contributed by atoms with Crippen LogP contribution in [0.3, 0.4) is 0 Å². The Balaban J connectivity index is 2.96. The minimum Gasteiger partial charge on any atom is -0.420 e. The molecule has 0 saturated carbocycles. The van der Waals surface area contributed by atoms with Gasteiger partial charge in [0.05, 0.1) is 0 Å². The van der Waals surface area contributed by atoms with Crippen molar-refractivity contribution in [2.45, 2.75) is 12.4 Å². The van der Waals surface area contributed by atoms with E-state index in [1.165, 1.54) is 0 Å². The van der Waals surface area contributed by atoms with Gasteiger partial charge in [-0.1, -0.05) is 0 Å². The molecule has 0 unspecified atom stereocenters. The van der Waals surface area contributed by atoms with Gasteiger partial charge in [-0.15, -0.1) is 0 Å². The molecule has 11 heteroatoms. The van der Waals surface area contributed by atoms with Gasteiger partial charge in [-0.3, -0.25) is 0 Å². The van der Waals surface area contributed by atoms with Gasteiger partial charge in [0.15, 0.2) is 0 Å². The summed E-state index contributed by atoms with van der Waals surface area (Å²) in [5, 5.41) is 0. The Hall–Kier alpha value is -2.46. The molecule has 0 amide bonds. The lowest BCUT2D eigenvalue weighted by Crippen LogP contribution is -2.28. The van der Waals surface area contributed by atoms with Gasteiger partial charge in [-0.05, 0) is 0 Å². The Kier molecular flexibility index (Phi) is 4.35. The lowest BCUT2D eigenvalue weighted by atomic mass is 10.3. The van der Waals surface area contributed by atoms with Crippen LogP contribution in [0.2, 0.25) is 0 Å². The number of anilines is 1. The normalized spacial score (nSPS) is 11.9. The summed E-state index contributed by atoms with van der Waals surface area (Å²) in [5.74, 6) is -6.88. The van der Waals surface area contributed by atoms with E-state index < -0.39 is 35.8 Å². The first-order valence-electron chi connectivity index (χ1n) is 4.88. The third-order valence-corrected chi connectivity index (χ3v) is 1.79. The zero-order chi connectivity index (χ0) is 16.4. The molecule has 1 aromatic rings. The van der Waals surface area contributed by atoms with Gasteiger partial charge < -0.3 is 15.2 Å². The van der Waals surface area contributed by atoms with Crippen LogP contribution in [0.4, 0.5) is 32.0 Å². The summed E-state index contributed by atoms with van der Waals surface area (Å²) in [7, 11) is 0. The molecule has 0 aliphatic rings. The molecule has 5 nitrogen and oxygen atoms in total. The first-order valence-corrected chi connectivity index (χ1v) is 4.88. The van der Waals surface area contributed by atoms with Crippen molar-refractivity contribution in [3.8, 4) is 11.5 Å². The molecule has 1 aromatic carbocycles. The number of rotatable bonds is 2. The van der Waals surface area contributed by atoms with Crippen LogP contribution in [-0.2, 0) is 9.59 Å². The highest BCUT2D eigenvalue weighted by molar-refractivity contribution is 5.80. The fourth-order valence-electron chi connectivity index (χ4n) is 1.04. The molecule has 21 heavy (non-hydrogen) atoms. The van der Waals surface area contributed by atoms with Crippen molar-refractivity contribution in [3.05, 3.63) is 18.2 Å². The van der Waals surface area contributed by atoms with Crippen molar-refractivity contribution < 1.29 is 45.4 Å². The summed E-state index contributed by atoms with van der Waals surface area (Å²) in [4.78, 5) is 21.1. The molecule has 0 bridgehead atoms. The van der Waals surface area contributed by atoms with Crippen LogP contribution in [-0.4, -0.2) is 24.3 Å². The number of ether oxygens (including phenoxy) is 2. The number of hydrogen-bond acceptors (Lipinski definition) is 5. The standard InChI is InChI=1S/C10H5F6NO4/c11-9(12,13)7(18)20-5-1-4(17)2-6(3-5)21-8(19)10(14,15)16/h1-3H,17H2. The van der Waals surface area contributed by atoms with E-state index in [2.05, 4.69) is 9.47 Å². The van der Waals surface area contributed by atoms with Crippen molar-refractivity contribution in [1.82, 2.24) is 0 Å². The second kappa shape index (κ2) is 5.50. The number of hydrogen-bond donors (Lipinski definition) is 1. The van der Waals surface area contributed by atoms with Crippen molar-refractivity contribution in [2.24, 2.45) is 0 Å². The number of alkyl halides is 6. The van der Waals surface area contributed by atoms with E-state index in [1.54, 1.807) is 0 Å². The Bertz CT molecular complexity index is 519. The predicted octanol–water partition coefficient (Wildman–Crippen LogP) is 2.20. The number of carbonyl (C=O) groups excluding carboxylic acids is 2. The first-order chi connectivity index (χ1) is 9.39. The van der Waals surface area contributed by atoms with Crippen LogP contribution in [0.25, 0.3) is 0 Å². The fraction of sp³-hybridized carbons (Fsp3) is 0.200. The minimum atomic E-state index is -5.31. The van der Waals surface area contributed by atoms with Crippen LogP contribution < -0.4 is 15.2 Å². The molecule has 0 aliphatic carbocycles. The molecule has 2 N–H and O–H groups in total. The molecular weight excluding hydrogens is 312 g/mol. The van der Waals surface area contributed by atoms with Gasteiger partial charge in [0, 0.05) is 23.9 Å². The topological polar surface area (TPSA) is 78.6 Å². The highest BCUT2D eigenvalue weighted by Crippen LogP contribution is 2.28. The third kappa shape index (κ3) is 4.85. The number of esters is 2. The Morgan fingerprint density at radius 1 is 0.810 bits per heavy atom. The summed E-state index contributed by atoms with van der Waals surface area (Å²) in [6.07, 6.45) is -10.6. The average molecular weight is 317 g/mol. The van der Waals surface area contributed by atoms with Gasteiger partial charge in [0.1, 0.15) is 11.5 Å². The zero-order valence-electron chi connectivity index (χ0n) is 9.71. The number of benzene rings is 1. The highest BCUT2D eigenvalue weighted by Gasteiger charge is 2.42. The van der Waals surface area contributed by atoms with Crippen molar-refractivity contribution >= 4 is 17.6 Å². The van der Waals surface area contributed by atoms with Crippen molar-refractivity contribution in [1.29, 1.82) is 0 Å². The summed E-state index contributed by atoms with van der Waals surface area (Å²) in [5.41, 5.74) is 4.80. The lowest BCUT2D eigenvalue weighted by Gasteiger charge is -2.10. The molecule has 0 saturated heterocycles. The number of nitrogen functional groups attached to an aromatic ring is 1. The van der Waals surface area contributed by atoms with E-state index in [0.717, 1.165) is 12.1 Å². The summed E-state index contributed by atoms with van der Waals surface area (Å²) in [6, 6.07) is 1.94. The smallest absolute Gasteiger partial charge is 0.420 e. The van der Waals surface area contributed by atoms with Gasteiger partial charge in [-0.2, -0.15) is 26.3 Å². The number of carbonyl (C=O) groups is 2. The van der Waals surface area contributed by atoms with E-state index in [-0.39, 0.29) is 5.69 Å². The summed E-state index contributed by atoms with van der Waals surface area (Å²) in [6.45, 7) is 0. The van der Waals surface area contributed by atoms with Gasteiger partial charge in [0.25, 0.3) is 0 Å². The molecule has 0 heterocycles. The largest absolute Gasteiger partial charge is 0.491 e. The molecule has 0 radical (unpaired) electrons. The SMILES string of the molecule is Nc1cc(OC(=O)C(F)(F)F)cc(OC(=O)C(F)(F)F)c1. The maximum Gasteiger partial charge on any atom is 0.491 e. The van der Waals surface area contributed by atoms with Crippen LogP contribution in [0, 0.1) is 0 Å². The number of nitrogens with two attached hydrogens (primary N) is 1. The van der Waals surface area contributed by atoms with Gasteiger partial charge >= 0.3 is 24.3 Å². The second-order valence-electron chi connectivity index (χ2n) is 3.51. The fourth-order valence-corrected chi connectivity index (χ4v) is 1.04. The monoisotopic (exact) mass is 317 g/mol. The van der Waals surface area contributed by atoms with Crippen LogP contribution in [0.15, 0.2) is 18.2 Å². The molecular formula is C10H5F6NO4. The Morgan fingerprint density at radius 3 is 1.43 bits per heavy atom. The van der Waals surface area contributed by atoms with Crippen molar-refractivity contribution in [2.75, 3.05) is 5.73 Å². The third-order valence-electron chi connectivity index (χ3n) is 1.79. The number of halogens is 6. The predicted molar refractivity (Wildman–Crippen MR) is 54.2 cm³/mol. The van der Waals surface area contributed by atoms with Gasteiger partial charge in [0.2, 0.25) is 0 Å². The first kappa shape index (κ1) is 16.6. The summed E-state index contributed by atoms with van der Waals surface area (Å²) >= 11 is 0. The lowest BCUT2D eigenvalue weighted by molar-refractivity contribution is -0.190. The van der Waals surface area contributed by atoms with Crippen LogP contribution in [0.5, 0.6) is 11.5 Å². The molecule has 0 aromatic heterocycles. The average Bonchev–Trinajstić information content (AvgIpc) is 2.25. The van der Waals surface area contributed by atoms with E-state index >= 15 is 0 Å². The van der Waals surface area contributed by atoms with Crippen LogP contribution in [0.1, 0.15) is 0 Å². The van der Waals surface area contributed by atoms with E-state index in [0.29, 0.717) is 6.07 Å². The molecule has 116 valence electrons. The summed E-state index contributed by atoms with van der Waals surface area (Å²) < 4.78 is 79.5. The van der Waals surface area contributed by atoms with E-state index in [9.17, 15) is 35.9 Å². The molecule has 0 fully saturated rings. The second-order valence-corrected chi connectivity index (χ2v) is 3.51. The highest BCUT2D eigenvalue weighted by atomic mass is 19.4. The molecule has 1 rings (SSSR count). The van der Waals surface area contributed by atoms with Gasteiger partial charge in [-0.25, -0.2) is 9.59 Å². The van der Waals surface area contributed by atoms with E-state index in [1.807, 2.05) is 0 Å².